The van der Waals surface area contributed by atoms with Crippen LogP contribution in [0.2, 0.25) is 0 Å². The van der Waals surface area contributed by atoms with Gasteiger partial charge in [0, 0.05) is 22.1 Å². The molecule has 0 aliphatic rings. The largest absolute Gasteiger partial charge is 0.399 e. The van der Waals surface area contributed by atoms with Crippen LogP contribution in [0.25, 0.3) is 27.5 Å². The normalized spacial score (nSPS) is 16.8. The van der Waals surface area contributed by atoms with Crippen molar-refractivity contribution < 1.29 is 11.0 Å². The highest BCUT2D eigenvalue weighted by Gasteiger charge is 2.10. The highest BCUT2D eigenvalue weighted by Crippen LogP contribution is 2.31. The third-order valence-electron chi connectivity index (χ3n) is 3.16. The second-order valence-corrected chi connectivity index (χ2v) is 4.38. The van der Waals surface area contributed by atoms with Gasteiger partial charge in [-0.25, -0.2) is 0 Å². The minimum absolute atomic E-state index is 0.0513. The lowest BCUT2D eigenvalue weighted by Gasteiger charge is -2.08. The molecule has 0 radical (unpaired) electrons. The Bertz CT molecular complexity index is 1230. The van der Waals surface area contributed by atoms with E-state index in [2.05, 4.69) is 0 Å². The summed E-state index contributed by atoms with van der Waals surface area (Å²) in [5, 5.41) is 0.103. The number of anilines is 1. The van der Waals surface area contributed by atoms with Crippen LogP contribution in [0.1, 0.15) is 11.0 Å². The molecule has 4 rings (SSSR count). The molecule has 0 saturated carbocycles. The standard InChI is InChI=1S/C18H14N2/c19-13-6-5-7-14(12-13)20-17-10-3-1-8-15(17)16-9-2-4-11-18(16)20/h1-12H,19H2/i1D,2D,3D,4D,8D,9D,10D,11D. The number of nitrogens with zero attached hydrogens (tertiary/aromatic N) is 1. The maximum atomic E-state index is 8.39. The second kappa shape index (κ2) is 4.14. The Morgan fingerprint density at radius 3 is 2.05 bits per heavy atom. The van der Waals surface area contributed by atoms with Gasteiger partial charge in [-0.3, -0.25) is 0 Å². The van der Waals surface area contributed by atoms with Gasteiger partial charge in [-0.15, -0.1) is 0 Å². The fourth-order valence-electron chi connectivity index (χ4n) is 2.34. The molecule has 0 unspecified atom stereocenters. The van der Waals surface area contributed by atoms with E-state index in [4.69, 9.17) is 16.7 Å². The van der Waals surface area contributed by atoms with Gasteiger partial charge < -0.3 is 10.3 Å². The summed E-state index contributed by atoms with van der Waals surface area (Å²) in [4.78, 5) is 0. The molecule has 0 bridgehead atoms. The summed E-state index contributed by atoms with van der Waals surface area (Å²) < 4.78 is 66.9. The first-order chi connectivity index (χ1) is 13.2. The molecule has 4 aromatic rings. The smallest absolute Gasteiger partial charge is 0.0645 e. The summed E-state index contributed by atoms with van der Waals surface area (Å²) in [6.07, 6.45) is 0. The van der Waals surface area contributed by atoms with Crippen molar-refractivity contribution in [3.8, 4) is 5.69 Å². The van der Waals surface area contributed by atoms with Gasteiger partial charge in [0.15, 0.2) is 0 Å². The highest BCUT2D eigenvalue weighted by atomic mass is 15.0. The number of nitrogens with two attached hydrogens (primary N) is 1. The molecular weight excluding hydrogens is 244 g/mol. The Morgan fingerprint density at radius 2 is 1.45 bits per heavy atom. The molecule has 0 amide bonds. The minimum Gasteiger partial charge on any atom is -0.399 e. The van der Waals surface area contributed by atoms with E-state index in [1.807, 2.05) is 0 Å². The molecule has 2 heteroatoms. The van der Waals surface area contributed by atoms with Crippen LogP contribution in [0.3, 0.4) is 0 Å². The number of para-hydroxylation sites is 2. The second-order valence-electron chi connectivity index (χ2n) is 4.38. The lowest BCUT2D eigenvalue weighted by molar-refractivity contribution is 1.18. The maximum Gasteiger partial charge on any atom is 0.0645 e. The summed E-state index contributed by atoms with van der Waals surface area (Å²) in [7, 11) is 0. The maximum absolute atomic E-state index is 8.39. The van der Waals surface area contributed by atoms with E-state index in [0.29, 0.717) is 11.4 Å². The first-order valence-electron chi connectivity index (χ1n) is 10.0. The Labute approximate surface area is 128 Å². The minimum atomic E-state index is -0.462. The molecule has 0 spiro atoms. The lowest BCUT2D eigenvalue weighted by Crippen LogP contribution is -1.95. The summed E-state index contributed by atoms with van der Waals surface area (Å²) >= 11 is 0. The SMILES string of the molecule is [2H]c1c([2H])c([2H])c2c(c1[2H])c1c([2H])c([2H])c([2H])c([2H])c1n2-c1cccc(N)c1. The zero-order valence-electron chi connectivity index (χ0n) is 18.3. The predicted octanol–water partition coefficient (Wildman–Crippen LogP) is 4.37. The molecule has 2 N–H and O–H groups in total. The van der Waals surface area contributed by atoms with Gasteiger partial charge in [0.2, 0.25) is 0 Å². The molecule has 0 atom stereocenters. The molecule has 0 aliphatic heterocycles. The number of hydrogen-bond donors (Lipinski definition) is 1. The summed E-state index contributed by atoms with van der Waals surface area (Å²) in [5.74, 6) is 0. The van der Waals surface area contributed by atoms with Gasteiger partial charge in [0.05, 0.1) is 22.0 Å². The fraction of sp³-hybridized carbons (Fsp3) is 0. The van der Waals surface area contributed by atoms with Gasteiger partial charge >= 0.3 is 0 Å². The van der Waals surface area contributed by atoms with Gasteiger partial charge in [0.25, 0.3) is 0 Å². The van der Waals surface area contributed by atoms with Crippen molar-refractivity contribution in [2.75, 3.05) is 5.73 Å². The average Bonchev–Trinajstić information content (AvgIpc) is 3.03. The number of hydrogen-bond acceptors (Lipinski definition) is 1. The van der Waals surface area contributed by atoms with E-state index in [-0.39, 0.29) is 46.0 Å². The van der Waals surface area contributed by atoms with E-state index in [9.17, 15) is 0 Å². The van der Waals surface area contributed by atoms with E-state index < -0.39 is 24.2 Å². The van der Waals surface area contributed by atoms with Gasteiger partial charge in [-0.2, -0.15) is 0 Å². The highest BCUT2D eigenvalue weighted by molar-refractivity contribution is 6.09. The van der Waals surface area contributed by atoms with Crippen molar-refractivity contribution in [2.45, 2.75) is 0 Å². The molecule has 2 nitrogen and oxygen atoms in total. The van der Waals surface area contributed by atoms with Crippen LogP contribution in [0.4, 0.5) is 5.69 Å². The van der Waals surface area contributed by atoms with Gasteiger partial charge in [0.1, 0.15) is 0 Å². The predicted molar refractivity (Wildman–Crippen MR) is 85.2 cm³/mol. The van der Waals surface area contributed by atoms with Crippen molar-refractivity contribution in [1.82, 2.24) is 4.57 Å². The van der Waals surface area contributed by atoms with E-state index in [1.165, 1.54) is 4.57 Å². The summed E-state index contributed by atoms with van der Waals surface area (Å²) in [6, 6.07) is 3.40. The van der Waals surface area contributed by atoms with Gasteiger partial charge in [-0.1, -0.05) is 42.3 Å². The third kappa shape index (κ3) is 1.51. The Kier molecular flexibility index (Phi) is 1.18. The summed E-state index contributed by atoms with van der Waals surface area (Å²) in [5.41, 5.74) is 6.90. The first-order valence-corrected chi connectivity index (χ1v) is 6.03. The van der Waals surface area contributed by atoms with Crippen molar-refractivity contribution in [3.63, 3.8) is 0 Å². The molecule has 0 saturated heterocycles. The van der Waals surface area contributed by atoms with Crippen LogP contribution in [-0.2, 0) is 0 Å². The van der Waals surface area contributed by atoms with Crippen LogP contribution in [0.5, 0.6) is 0 Å². The molecule has 0 fully saturated rings. The van der Waals surface area contributed by atoms with Crippen molar-refractivity contribution in [1.29, 1.82) is 0 Å². The van der Waals surface area contributed by atoms with Crippen molar-refractivity contribution in [3.05, 3.63) is 72.6 Å². The van der Waals surface area contributed by atoms with Crippen LogP contribution < -0.4 is 5.73 Å². The number of benzene rings is 3. The molecule has 3 aromatic carbocycles. The molecule has 20 heavy (non-hydrogen) atoms. The Hall–Kier alpha value is -2.74. The lowest BCUT2D eigenvalue weighted by atomic mass is 10.2. The molecule has 96 valence electrons. The molecular formula is C18H14N2. The quantitative estimate of drug-likeness (QED) is 0.510. The fourth-order valence-corrected chi connectivity index (χ4v) is 2.34. The van der Waals surface area contributed by atoms with E-state index >= 15 is 0 Å². The van der Waals surface area contributed by atoms with Crippen LogP contribution >= 0.6 is 0 Å². The number of nitrogen functional groups attached to an aromatic ring is 1. The molecule has 1 heterocycles. The number of fused-ring (bicyclic) bond motifs is 3. The van der Waals surface area contributed by atoms with Gasteiger partial charge in [-0.05, 0) is 30.3 Å². The zero-order chi connectivity index (χ0) is 20.5. The van der Waals surface area contributed by atoms with Crippen LogP contribution in [0, 0.1) is 0 Å². The monoisotopic (exact) mass is 266 g/mol. The zero-order valence-corrected chi connectivity index (χ0v) is 10.3. The Morgan fingerprint density at radius 1 is 0.850 bits per heavy atom. The van der Waals surface area contributed by atoms with Crippen molar-refractivity contribution in [2.24, 2.45) is 0 Å². The van der Waals surface area contributed by atoms with Crippen LogP contribution in [-0.4, -0.2) is 4.57 Å². The van der Waals surface area contributed by atoms with Crippen LogP contribution in [0.15, 0.2) is 72.6 Å². The van der Waals surface area contributed by atoms with E-state index in [1.54, 1.807) is 24.3 Å². The number of aromatic nitrogens is 1. The molecule has 1 aromatic heterocycles. The third-order valence-corrected chi connectivity index (χ3v) is 3.16. The number of rotatable bonds is 1. The average molecular weight is 266 g/mol. The Balaban J connectivity index is 2.44. The van der Waals surface area contributed by atoms with Crippen molar-refractivity contribution >= 4 is 27.5 Å². The topological polar surface area (TPSA) is 30.9 Å². The summed E-state index contributed by atoms with van der Waals surface area (Å²) in [6.45, 7) is 0. The molecule has 0 aliphatic carbocycles. The first kappa shape index (κ1) is 5.71. The van der Waals surface area contributed by atoms with E-state index in [0.717, 1.165) is 0 Å².